The minimum Gasteiger partial charge on any atom is -0.338 e. The second-order valence-electron chi connectivity index (χ2n) is 6.14. The number of carbonyl (C=O) groups excluding carboxylic acids is 1. The van der Waals surface area contributed by atoms with E-state index in [-0.39, 0.29) is 5.91 Å². The van der Waals surface area contributed by atoms with E-state index in [9.17, 15) is 4.79 Å². The molecule has 1 N–H and O–H groups in total. The summed E-state index contributed by atoms with van der Waals surface area (Å²) in [5.74, 6) is 1.34. The van der Waals surface area contributed by atoms with Crippen LogP contribution in [0.5, 0.6) is 0 Å². The lowest BCUT2D eigenvalue weighted by atomic mass is 10.2. The molecule has 1 fully saturated rings. The second kappa shape index (κ2) is 6.64. The molecule has 0 spiro atoms. The molecule has 0 aliphatic carbocycles. The first-order valence-corrected chi connectivity index (χ1v) is 8.51. The molecule has 1 aromatic carbocycles. The Morgan fingerprint density at radius 3 is 2.80 bits per heavy atom. The molecule has 4 rings (SSSR count). The number of aryl methyl sites for hydroxylation is 1. The van der Waals surface area contributed by atoms with Crippen molar-refractivity contribution in [1.29, 1.82) is 0 Å². The normalized spacial score (nSPS) is 15.8. The molecule has 2 aromatic heterocycles. The van der Waals surface area contributed by atoms with Crippen molar-refractivity contribution >= 4 is 16.8 Å². The van der Waals surface area contributed by atoms with Gasteiger partial charge in [0.15, 0.2) is 11.5 Å². The van der Waals surface area contributed by atoms with E-state index >= 15 is 0 Å². The van der Waals surface area contributed by atoms with Crippen LogP contribution in [0.3, 0.4) is 0 Å². The molecule has 1 aliphatic heterocycles. The molecule has 0 atom stereocenters. The highest BCUT2D eigenvalue weighted by Gasteiger charge is 2.25. The Kier molecular flexibility index (Phi) is 4.19. The quantitative estimate of drug-likeness (QED) is 0.773. The molecular formula is C17H20N6O2. The third-order valence-electron chi connectivity index (χ3n) is 4.52. The van der Waals surface area contributed by atoms with E-state index < -0.39 is 0 Å². The van der Waals surface area contributed by atoms with E-state index in [1.165, 1.54) is 0 Å². The number of H-pyrrole nitrogens is 1. The van der Waals surface area contributed by atoms with Crippen molar-refractivity contribution in [3.8, 4) is 0 Å². The number of piperazine rings is 1. The minimum absolute atomic E-state index is 0.0249. The Morgan fingerprint density at radius 1 is 1.24 bits per heavy atom. The number of fused-ring (bicyclic) bond motifs is 1. The first-order chi connectivity index (χ1) is 12.2. The van der Waals surface area contributed by atoms with Gasteiger partial charge in [0.2, 0.25) is 5.89 Å². The standard InChI is InChI=1S/C17H20N6O2/c1-2-14-18-15(25-21-14)11-22-7-9-23(10-8-22)17(24)16-12-5-3-4-6-13(12)19-20-16/h3-6H,2,7-11H2,1H3,(H,19,20). The molecule has 130 valence electrons. The number of rotatable bonds is 4. The van der Waals surface area contributed by atoms with E-state index in [4.69, 9.17) is 4.52 Å². The molecule has 25 heavy (non-hydrogen) atoms. The van der Waals surface area contributed by atoms with Crippen LogP contribution >= 0.6 is 0 Å². The monoisotopic (exact) mass is 340 g/mol. The Labute approximate surface area is 144 Å². The van der Waals surface area contributed by atoms with Crippen molar-refractivity contribution in [2.45, 2.75) is 19.9 Å². The average Bonchev–Trinajstić information content (AvgIpc) is 3.28. The number of hydrogen-bond donors (Lipinski definition) is 1. The first-order valence-electron chi connectivity index (χ1n) is 8.51. The molecular weight excluding hydrogens is 320 g/mol. The van der Waals surface area contributed by atoms with Gasteiger partial charge in [-0.3, -0.25) is 14.8 Å². The summed E-state index contributed by atoms with van der Waals surface area (Å²) in [5, 5.41) is 11.9. The Morgan fingerprint density at radius 2 is 2.04 bits per heavy atom. The van der Waals surface area contributed by atoms with E-state index in [1.807, 2.05) is 36.1 Å². The summed E-state index contributed by atoms with van der Waals surface area (Å²) in [5.41, 5.74) is 1.38. The Bertz CT molecular complexity index is 878. The first kappa shape index (κ1) is 15.8. The fraction of sp³-hybridized carbons (Fsp3) is 0.412. The van der Waals surface area contributed by atoms with Crippen LogP contribution in [0.4, 0.5) is 0 Å². The third kappa shape index (κ3) is 3.12. The number of amides is 1. The zero-order valence-electron chi connectivity index (χ0n) is 14.1. The fourth-order valence-corrected chi connectivity index (χ4v) is 3.07. The van der Waals surface area contributed by atoms with Crippen LogP contribution in [0, 0.1) is 0 Å². The summed E-state index contributed by atoms with van der Waals surface area (Å²) in [4.78, 5) is 21.2. The van der Waals surface area contributed by atoms with Crippen molar-refractivity contribution in [1.82, 2.24) is 30.1 Å². The van der Waals surface area contributed by atoms with Crippen LogP contribution in [0.2, 0.25) is 0 Å². The van der Waals surface area contributed by atoms with Crippen LogP contribution in [0.25, 0.3) is 10.9 Å². The summed E-state index contributed by atoms with van der Waals surface area (Å²) in [6.07, 6.45) is 0.767. The number of hydrogen-bond acceptors (Lipinski definition) is 6. The number of nitrogens with one attached hydrogen (secondary N) is 1. The van der Waals surface area contributed by atoms with Gasteiger partial charge in [-0.05, 0) is 6.07 Å². The predicted molar refractivity (Wildman–Crippen MR) is 91.0 cm³/mol. The van der Waals surface area contributed by atoms with Gasteiger partial charge in [-0.15, -0.1) is 0 Å². The van der Waals surface area contributed by atoms with Gasteiger partial charge in [-0.1, -0.05) is 30.3 Å². The van der Waals surface area contributed by atoms with Gasteiger partial charge in [-0.2, -0.15) is 10.1 Å². The van der Waals surface area contributed by atoms with Crippen molar-refractivity contribution in [2.75, 3.05) is 26.2 Å². The highest BCUT2D eigenvalue weighted by Crippen LogP contribution is 2.18. The van der Waals surface area contributed by atoms with Crippen LogP contribution < -0.4 is 0 Å². The molecule has 3 heterocycles. The van der Waals surface area contributed by atoms with E-state index in [1.54, 1.807) is 0 Å². The molecule has 1 amide bonds. The van der Waals surface area contributed by atoms with Gasteiger partial charge in [0.25, 0.3) is 5.91 Å². The van der Waals surface area contributed by atoms with Crippen molar-refractivity contribution in [2.24, 2.45) is 0 Å². The van der Waals surface area contributed by atoms with Crippen molar-refractivity contribution < 1.29 is 9.32 Å². The maximum atomic E-state index is 12.8. The number of nitrogens with zero attached hydrogens (tertiary/aromatic N) is 5. The SMILES string of the molecule is CCc1noc(CN2CCN(C(=O)c3n[nH]c4ccccc34)CC2)n1. The molecule has 0 radical (unpaired) electrons. The number of benzene rings is 1. The zero-order valence-corrected chi connectivity index (χ0v) is 14.1. The maximum absolute atomic E-state index is 12.8. The van der Waals surface area contributed by atoms with E-state index in [0.717, 1.165) is 36.2 Å². The lowest BCUT2D eigenvalue weighted by Crippen LogP contribution is -2.48. The molecule has 3 aromatic rings. The molecule has 0 bridgehead atoms. The zero-order chi connectivity index (χ0) is 17.2. The lowest BCUT2D eigenvalue weighted by molar-refractivity contribution is 0.0611. The van der Waals surface area contributed by atoms with Gasteiger partial charge < -0.3 is 9.42 Å². The molecule has 0 saturated carbocycles. The Hall–Kier alpha value is -2.74. The van der Waals surface area contributed by atoms with Gasteiger partial charge in [0.1, 0.15) is 0 Å². The predicted octanol–water partition coefficient (Wildman–Crippen LogP) is 1.47. The molecule has 8 heteroatoms. The van der Waals surface area contributed by atoms with Crippen LogP contribution in [0.15, 0.2) is 28.8 Å². The van der Waals surface area contributed by atoms with Gasteiger partial charge in [0, 0.05) is 38.0 Å². The highest BCUT2D eigenvalue weighted by atomic mass is 16.5. The lowest BCUT2D eigenvalue weighted by Gasteiger charge is -2.33. The summed E-state index contributed by atoms with van der Waals surface area (Å²) in [7, 11) is 0. The molecule has 1 aliphatic rings. The molecule has 0 unspecified atom stereocenters. The average molecular weight is 340 g/mol. The van der Waals surface area contributed by atoms with Gasteiger partial charge in [-0.25, -0.2) is 0 Å². The number of aromatic amines is 1. The number of aromatic nitrogens is 4. The number of carbonyl (C=O) groups is 1. The maximum Gasteiger partial charge on any atom is 0.275 e. The second-order valence-corrected chi connectivity index (χ2v) is 6.14. The number of para-hydroxylation sites is 1. The third-order valence-corrected chi connectivity index (χ3v) is 4.52. The van der Waals surface area contributed by atoms with Gasteiger partial charge in [0.05, 0.1) is 12.1 Å². The Balaban J connectivity index is 1.39. The van der Waals surface area contributed by atoms with Gasteiger partial charge >= 0.3 is 0 Å². The smallest absolute Gasteiger partial charge is 0.275 e. The summed E-state index contributed by atoms with van der Waals surface area (Å²) < 4.78 is 5.24. The van der Waals surface area contributed by atoms with Crippen LogP contribution in [-0.2, 0) is 13.0 Å². The minimum atomic E-state index is -0.0249. The van der Waals surface area contributed by atoms with Crippen LogP contribution in [-0.4, -0.2) is 62.2 Å². The summed E-state index contributed by atoms with van der Waals surface area (Å²) >= 11 is 0. The fourth-order valence-electron chi connectivity index (χ4n) is 3.07. The molecule has 8 nitrogen and oxygen atoms in total. The van der Waals surface area contributed by atoms with E-state index in [0.29, 0.717) is 31.2 Å². The topological polar surface area (TPSA) is 91.2 Å². The van der Waals surface area contributed by atoms with Crippen molar-refractivity contribution in [3.05, 3.63) is 41.7 Å². The highest BCUT2D eigenvalue weighted by molar-refractivity contribution is 6.04. The van der Waals surface area contributed by atoms with Crippen molar-refractivity contribution in [3.63, 3.8) is 0 Å². The van der Waals surface area contributed by atoms with E-state index in [2.05, 4.69) is 25.2 Å². The summed E-state index contributed by atoms with van der Waals surface area (Å²) in [6, 6.07) is 7.69. The summed E-state index contributed by atoms with van der Waals surface area (Å²) in [6.45, 7) is 5.50. The molecule has 1 saturated heterocycles. The van der Waals surface area contributed by atoms with Crippen LogP contribution in [0.1, 0.15) is 29.1 Å². The largest absolute Gasteiger partial charge is 0.338 e.